The van der Waals surface area contributed by atoms with Crippen LogP contribution < -0.4 is 9.64 Å². The number of esters is 1. The summed E-state index contributed by atoms with van der Waals surface area (Å²) in [7, 11) is 5.63. The van der Waals surface area contributed by atoms with E-state index >= 15 is 0 Å². The number of ether oxygens (including phenoxy) is 2. The van der Waals surface area contributed by atoms with Crippen LogP contribution in [0.2, 0.25) is 0 Å². The SMILES string of the molecule is COc1cccc([C@@H](C)OC(=O)CCc2cccc(N(C)C)c2)c1. The Kier molecular flexibility index (Phi) is 6.24. The van der Waals surface area contributed by atoms with Crippen LogP contribution in [0.4, 0.5) is 5.69 Å². The molecule has 0 unspecified atom stereocenters. The van der Waals surface area contributed by atoms with Crippen molar-refractivity contribution in [1.29, 1.82) is 0 Å². The molecule has 0 aromatic heterocycles. The van der Waals surface area contributed by atoms with Gasteiger partial charge in [0.1, 0.15) is 11.9 Å². The quantitative estimate of drug-likeness (QED) is 0.721. The number of nitrogens with zero attached hydrogens (tertiary/aromatic N) is 1. The molecule has 0 aliphatic carbocycles. The van der Waals surface area contributed by atoms with Crippen LogP contribution in [0.1, 0.15) is 30.6 Å². The molecule has 0 spiro atoms. The van der Waals surface area contributed by atoms with Gasteiger partial charge in [0, 0.05) is 26.2 Å². The molecule has 4 heteroatoms. The number of methoxy groups -OCH3 is 1. The molecule has 0 amide bonds. The van der Waals surface area contributed by atoms with Gasteiger partial charge in [0.25, 0.3) is 0 Å². The molecule has 2 aromatic carbocycles. The van der Waals surface area contributed by atoms with Crippen molar-refractivity contribution < 1.29 is 14.3 Å². The molecule has 0 fully saturated rings. The number of hydrogen-bond acceptors (Lipinski definition) is 4. The minimum Gasteiger partial charge on any atom is -0.497 e. The first-order valence-electron chi connectivity index (χ1n) is 8.09. The molecule has 0 N–H and O–H groups in total. The monoisotopic (exact) mass is 327 g/mol. The summed E-state index contributed by atoms with van der Waals surface area (Å²) in [5.41, 5.74) is 3.19. The van der Waals surface area contributed by atoms with Crippen molar-refractivity contribution in [3.8, 4) is 5.75 Å². The van der Waals surface area contributed by atoms with Crippen LogP contribution in [0.25, 0.3) is 0 Å². The molecule has 2 rings (SSSR count). The number of benzene rings is 2. The Balaban J connectivity index is 1.89. The van der Waals surface area contributed by atoms with E-state index in [-0.39, 0.29) is 12.1 Å². The highest BCUT2D eigenvalue weighted by Gasteiger charge is 2.12. The fraction of sp³-hybridized carbons (Fsp3) is 0.350. The maximum absolute atomic E-state index is 12.1. The van der Waals surface area contributed by atoms with Crippen molar-refractivity contribution in [3.63, 3.8) is 0 Å². The molecular formula is C20H25NO3. The molecule has 0 radical (unpaired) electrons. The molecule has 128 valence electrons. The number of carbonyl (C=O) groups is 1. The van der Waals surface area contributed by atoms with Gasteiger partial charge in [-0.05, 0) is 48.7 Å². The molecule has 24 heavy (non-hydrogen) atoms. The Morgan fingerprint density at radius 1 is 1.12 bits per heavy atom. The van der Waals surface area contributed by atoms with Crippen LogP contribution in [0.15, 0.2) is 48.5 Å². The number of aryl methyl sites for hydroxylation is 1. The topological polar surface area (TPSA) is 38.8 Å². The Morgan fingerprint density at radius 2 is 1.88 bits per heavy atom. The second-order valence-corrected chi connectivity index (χ2v) is 5.97. The molecule has 4 nitrogen and oxygen atoms in total. The van der Waals surface area contributed by atoms with Crippen molar-refractivity contribution in [2.75, 3.05) is 26.1 Å². The average molecular weight is 327 g/mol. The summed E-state index contributed by atoms with van der Waals surface area (Å²) in [5.74, 6) is 0.566. The zero-order valence-electron chi connectivity index (χ0n) is 14.8. The van der Waals surface area contributed by atoms with Gasteiger partial charge >= 0.3 is 5.97 Å². The third-order valence-corrected chi connectivity index (χ3v) is 3.92. The predicted octanol–water partition coefficient (Wildman–Crippen LogP) is 4.00. The highest BCUT2D eigenvalue weighted by molar-refractivity contribution is 5.70. The van der Waals surface area contributed by atoms with E-state index < -0.39 is 0 Å². The van der Waals surface area contributed by atoms with Crippen molar-refractivity contribution >= 4 is 11.7 Å². The fourth-order valence-electron chi connectivity index (χ4n) is 2.46. The van der Waals surface area contributed by atoms with E-state index in [1.165, 1.54) is 0 Å². The fourth-order valence-corrected chi connectivity index (χ4v) is 2.46. The molecule has 0 aliphatic rings. The van der Waals surface area contributed by atoms with Crippen LogP contribution in [-0.4, -0.2) is 27.2 Å². The van der Waals surface area contributed by atoms with E-state index in [9.17, 15) is 4.79 Å². The summed E-state index contributed by atoms with van der Waals surface area (Å²) in [5, 5.41) is 0. The van der Waals surface area contributed by atoms with Crippen LogP contribution in [0.3, 0.4) is 0 Å². The van der Waals surface area contributed by atoms with Gasteiger partial charge in [-0.3, -0.25) is 4.79 Å². The van der Waals surface area contributed by atoms with Gasteiger partial charge in [-0.1, -0.05) is 24.3 Å². The van der Waals surface area contributed by atoms with Crippen molar-refractivity contribution in [3.05, 3.63) is 59.7 Å². The number of rotatable bonds is 7. The maximum Gasteiger partial charge on any atom is 0.306 e. The Hall–Kier alpha value is -2.49. The van der Waals surface area contributed by atoms with E-state index in [1.54, 1.807) is 7.11 Å². The second kappa shape index (κ2) is 8.39. The second-order valence-electron chi connectivity index (χ2n) is 5.97. The molecule has 0 saturated heterocycles. The van der Waals surface area contributed by atoms with Crippen LogP contribution in [-0.2, 0) is 16.0 Å². The lowest BCUT2D eigenvalue weighted by Crippen LogP contribution is -2.11. The molecule has 0 saturated carbocycles. The Morgan fingerprint density at radius 3 is 2.58 bits per heavy atom. The molecule has 0 bridgehead atoms. The largest absolute Gasteiger partial charge is 0.497 e. The minimum absolute atomic E-state index is 0.194. The molecule has 0 heterocycles. The van der Waals surface area contributed by atoms with Crippen molar-refractivity contribution in [2.45, 2.75) is 25.9 Å². The Labute approximate surface area is 144 Å². The van der Waals surface area contributed by atoms with Crippen LogP contribution in [0.5, 0.6) is 5.75 Å². The van der Waals surface area contributed by atoms with Gasteiger partial charge < -0.3 is 14.4 Å². The van der Waals surface area contributed by atoms with Gasteiger partial charge in [0.2, 0.25) is 0 Å². The van der Waals surface area contributed by atoms with Crippen molar-refractivity contribution in [1.82, 2.24) is 0 Å². The highest BCUT2D eigenvalue weighted by atomic mass is 16.5. The predicted molar refractivity (Wildman–Crippen MR) is 96.6 cm³/mol. The standard InChI is InChI=1S/C20H25NO3/c1-15(17-8-6-10-19(14-17)23-4)24-20(22)12-11-16-7-5-9-18(13-16)21(2)3/h5-10,13-15H,11-12H2,1-4H3/t15-/m1/s1. The van der Waals surface area contributed by atoms with Crippen LogP contribution >= 0.6 is 0 Å². The summed E-state index contributed by atoms with van der Waals surface area (Å²) in [6.45, 7) is 1.87. The number of anilines is 1. The first-order valence-corrected chi connectivity index (χ1v) is 8.09. The Bertz CT molecular complexity index is 682. The van der Waals surface area contributed by atoms with Gasteiger partial charge in [0.05, 0.1) is 7.11 Å². The van der Waals surface area contributed by atoms with E-state index in [2.05, 4.69) is 6.07 Å². The summed E-state index contributed by atoms with van der Waals surface area (Å²) in [4.78, 5) is 14.2. The maximum atomic E-state index is 12.1. The van der Waals surface area contributed by atoms with Gasteiger partial charge in [-0.2, -0.15) is 0 Å². The normalized spacial score (nSPS) is 11.7. The van der Waals surface area contributed by atoms with Gasteiger partial charge in [0.15, 0.2) is 0 Å². The summed E-state index contributed by atoms with van der Waals surface area (Å²) >= 11 is 0. The smallest absolute Gasteiger partial charge is 0.306 e. The molecular weight excluding hydrogens is 302 g/mol. The third kappa shape index (κ3) is 5.01. The molecule has 0 aliphatic heterocycles. The number of hydrogen-bond donors (Lipinski definition) is 0. The van der Waals surface area contributed by atoms with Crippen molar-refractivity contribution in [2.24, 2.45) is 0 Å². The summed E-state index contributed by atoms with van der Waals surface area (Å²) < 4.78 is 10.7. The summed E-state index contributed by atoms with van der Waals surface area (Å²) in [6, 6.07) is 15.8. The van der Waals surface area contributed by atoms with E-state index in [4.69, 9.17) is 9.47 Å². The van der Waals surface area contributed by atoms with E-state index in [1.807, 2.05) is 68.4 Å². The lowest BCUT2D eigenvalue weighted by Gasteiger charge is -2.15. The highest BCUT2D eigenvalue weighted by Crippen LogP contribution is 2.22. The van der Waals surface area contributed by atoms with E-state index in [0.29, 0.717) is 12.8 Å². The third-order valence-electron chi connectivity index (χ3n) is 3.92. The summed E-state index contributed by atoms with van der Waals surface area (Å²) in [6.07, 6.45) is 0.747. The molecule has 1 atom stereocenters. The zero-order chi connectivity index (χ0) is 17.5. The van der Waals surface area contributed by atoms with Gasteiger partial charge in [-0.15, -0.1) is 0 Å². The first kappa shape index (κ1) is 17.9. The van der Waals surface area contributed by atoms with Gasteiger partial charge in [-0.25, -0.2) is 0 Å². The molecule has 2 aromatic rings. The van der Waals surface area contributed by atoms with E-state index in [0.717, 1.165) is 22.6 Å². The lowest BCUT2D eigenvalue weighted by atomic mass is 10.1. The first-order chi connectivity index (χ1) is 11.5. The number of carbonyl (C=O) groups excluding carboxylic acids is 1. The average Bonchev–Trinajstić information content (AvgIpc) is 2.60. The lowest BCUT2D eigenvalue weighted by molar-refractivity contribution is -0.148. The van der Waals surface area contributed by atoms with Crippen LogP contribution in [0, 0.1) is 0 Å². The minimum atomic E-state index is -0.291. The zero-order valence-corrected chi connectivity index (χ0v) is 14.8.